The molecule has 2 heterocycles. The number of rotatable bonds is 8. The Morgan fingerprint density at radius 1 is 1.06 bits per heavy atom. The molecule has 0 unspecified atom stereocenters. The summed E-state index contributed by atoms with van der Waals surface area (Å²) >= 11 is 0. The Kier molecular flexibility index (Phi) is 6.50. The standard InChI is InChI=1S/C24H25N5O4/c1-5-33-20-9-7-6-8-18(20)25-24(30)22-15(2)29-23(27-26-22)21(19(28-29)14-31-3)16-10-12-17(32-4)13-11-16/h6-13H,5,14H2,1-4H3,(H,25,30). The number of carbonyl (C=O) groups is 1. The highest BCUT2D eigenvalue weighted by Gasteiger charge is 2.22. The monoisotopic (exact) mass is 447 g/mol. The van der Waals surface area contributed by atoms with Crippen LogP contribution in [0.25, 0.3) is 16.8 Å². The molecule has 0 bridgehead atoms. The molecule has 4 rings (SSSR count). The number of anilines is 1. The maximum atomic E-state index is 13.0. The van der Waals surface area contributed by atoms with Gasteiger partial charge in [-0.25, -0.2) is 4.52 Å². The number of nitrogens with one attached hydrogen (secondary N) is 1. The first-order chi connectivity index (χ1) is 16.1. The van der Waals surface area contributed by atoms with Crippen LogP contribution in [0.15, 0.2) is 48.5 Å². The first-order valence-corrected chi connectivity index (χ1v) is 10.5. The van der Waals surface area contributed by atoms with E-state index in [0.29, 0.717) is 35.1 Å². The molecule has 0 saturated heterocycles. The zero-order valence-corrected chi connectivity index (χ0v) is 19.0. The number of amides is 1. The largest absolute Gasteiger partial charge is 0.497 e. The quantitative estimate of drug-likeness (QED) is 0.437. The Balaban J connectivity index is 1.75. The maximum Gasteiger partial charge on any atom is 0.278 e. The van der Waals surface area contributed by atoms with Crippen molar-refractivity contribution in [2.24, 2.45) is 0 Å². The number of benzene rings is 2. The maximum absolute atomic E-state index is 13.0. The van der Waals surface area contributed by atoms with E-state index in [-0.39, 0.29) is 12.3 Å². The van der Waals surface area contributed by atoms with Crippen molar-refractivity contribution in [3.8, 4) is 22.6 Å². The van der Waals surface area contributed by atoms with E-state index in [1.54, 1.807) is 37.8 Å². The molecule has 0 aliphatic heterocycles. The summed E-state index contributed by atoms with van der Waals surface area (Å²) in [5.74, 6) is 0.934. The summed E-state index contributed by atoms with van der Waals surface area (Å²) in [5.41, 5.74) is 4.21. The van der Waals surface area contributed by atoms with Crippen LogP contribution in [0.1, 0.15) is 28.8 Å². The third-order valence-corrected chi connectivity index (χ3v) is 5.15. The van der Waals surface area contributed by atoms with Crippen molar-refractivity contribution in [2.75, 3.05) is 26.1 Å². The summed E-state index contributed by atoms with van der Waals surface area (Å²) in [4.78, 5) is 13.0. The summed E-state index contributed by atoms with van der Waals surface area (Å²) in [7, 11) is 3.23. The van der Waals surface area contributed by atoms with Crippen molar-refractivity contribution in [1.29, 1.82) is 0 Å². The molecule has 0 saturated carbocycles. The summed E-state index contributed by atoms with van der Waals surface area (Å²) in [5, 5.41) is 16.1. The summed E-state index contributed by atoms with van der Waals surface area (Å²) < 4.78 is 17.8. The van der Waals surface area contributed by atoms with Crippen LogP contribution in [0.5, 0.6) is 11.5 Å². The zero-order valence-electron chi connectivity index (χ0n) is 19.0. The number of nitrogens with zero attached hydrogens (tertiary/aromatic N) is 4. The average molecular weight is 447 g/mol. The number of fused-ring (bicyclic) bond motifs is 1. The van der Waals surface area contributed by atoms with Crippen LogP contribution in [0, 0.1) is 6.92 Å². The molecule has 170 valence electrons. The van der Waals surface area contributed by atoms with Crippen LogP contribution >= 0.6 is 0 Å². The molecule has 0 aliphatic carbocycles. The molecule has 0 aliphatic rings. The number of ether oxygens (including phenoxy) is 3. The Bertz CT molecular complexity index is 1280. The lowest BCUT2D eigenvalue weighted by Crippen LogP contribution is -2.19. The summed E-state index contributed by atoms with van der Waals surface area (Å²) in [6.07, 6.45) is 0. The van der Waals surface area contributed by atoms with Crippen molar-refractivity contribution in [1.82, 2.24) is 19.8 Å². The van der Waals surface area contributed by atoms with Crippen LogP contribution in [0.4, 0.5) is 5.69 Å². The molecule has 0 radical (unpaired) electrons. The second-order valence-electron chi connectivity index (χ2n) is 7.24. The molecule has 0 fully saturated rings. The van der Waals surface area contributed by atoms with Gasteiger partial charge in [0, 0.05) is 7.11 Å². The van der Waals surface area contributed by atoms with Crippen molar-refractivity contribution in [2.45, 2.75) is 20.5 Å². The normalized spacial score (nSPS) is 10.9. The van der Waals surface area contributed by atoms with Crippen LogP contribution in [-0.4, -0.2) is 46.5 Å². The second-order valence-corrected chi connectivity index (χ2v) is 7.24. The van der Waals surface area contributed by atoms with Crippen LogP contribution in [-0.2, 0) is 11.3 Å². The lowest BCUT2D eigenvalue weighted by Gasteiger charge is -2.12. The van der Waals surface area contributed by atoms with E-state index >= 15 is 0 Å². The average Bonchev–Trinajstić information content (AvgIpc) is 3.20. The smallest absolute Gasteiger partial charge is 0.278 e. The number of aryl methyl sites for hydroxylation is 1. The summed E-state index contributed by atoms with van der Waals surface area (Å²) in [6, 6.07) is 14.8. The SMILES string of the molecule is CCOc1ccccc1NC(=O)c1nnc2c(-c3ccc(OC)cc3)c(COC)nn2c1C. The van der Waals surface area contributed by atoms with Crippen molar-refractivity contribution in [3.63, 3.8) is 0 Å². The highest BCUT2D eigenvalue weighted by molar-refractivity contribution is 6.04. The Labute approximate surface area is 191 Å². The fraction of sp³-hybridized carbons (Fsp3) is 0.250. The van der Waals surface area contributed by atoms with E-state index in [9.17, 15) is 4.79 Å². The van der Waals surface area contributed by atoms with Gasteiger partial charge < -0.3 is 19.5 Å². The van der Waals surface area contributed by atoms with Crippen LogP contribution < -0.4 is 14.8 Å². The molecule has 0 atom stereocenters. The topological polar surface area (TPSA) is 99.9 Å². The predicted molar refractivity (Wildman–Crippen MR) is 124 cm³/mol. The minimum atomic E-state index is -0.399. The van der Waals surface area contributed by atoms with Gasteiger partial charge in [0.05, 0.1) is 43.0 Å². The van der Waals surface area contributed by atoms with E-state index in [4.69, 9.17) is 14.2 Å². The molecule has 33 heavy (non-hydrogen) atoms. The Morgan fingerprint density at radius 2 is 1.82 bits per heavy atom. The van der Waals surface area contributed by atoms with Gasteiger partial charge in [-0.2, -0.15) is 5.10 Å². The lowest BCUT2D eigenvalue weighted by molar-refractivity contribution is 0.101. The molecular formula is C24H25N5O4. The van der Waals surface area contributed by atoms with E-state index in [1.807, 2.05) is 43.3 Å². The number of methoxy groups -OCH3 is 2. The van der Waals surface area contributed by atoms with Crippen molar-refractivity contribution in [3.05, 3.63) is 65.6 Å². The number of hydrogen-bond donors (Lipinski definition) is 1. The molecule has 4 aromatic rings. The lowest BCUT2D eigenvalue weighted by atomic mass is 10.1. The van der Waals surface area contributed by atoms with E-state index in [0.717, 1.165) is 16.9 Å². The van der Waals surface area contributed by atoms with Crippen LogP contribution in [0.3, 0.4) is 0 Å². The summed E-state index contributed by atoms with van der Waals surface area (Å²) in [6.45, 7) is 4.44. The molecule has 9 nitrogen and oxygen atoms in total. The predicted octanol–water partition coefficient (Wildman–Crippen LogP) is 3.91. The molecule has 0 spiro atoms. The van der Waals surface area contributed by atoms with Gasteiger partial charge in [-0.05, 0) is 43.7 Å². The highest BCUT2D eigenvalue weighted by atomic mass is 16.5. The molecule has 9 heteroatoms. The Hall–Kier alpha value is -3.98. The van der Waals surface area contributed by atoms with Gasteiger partial charge >= 0.3 is 0 Å². The highest BCUT2D eigenvalue weighted by Crippen LogP contribution is 2.30. The van der Waals surface area contributed by atoms with Gasteiger partial charge in [-0.15, -0.1) is 10.2 Å². The number of para-hydroxylation sites is 2. The van der Waals surface area contributed by atoms with Gasteiger partial charge in [0.15, 0.2) is 11.3 Å². The number of hydrogen-bond acceptors (Lipinski definition) is 7. The fourth-order valence-corrected chi connectivity index (χ4v) is 3.58. The fourth-order valence-electron chi connectivity index (χ4n) is 3.58. The van der Waals surface area contributed by atoms with E-state index < -0.39 is 5.91 Å². The molecule has 1 N–H and O–H groups in total. The second kappa shape index (κ2) is 9.66. The van der Waals surface area contributed by atoms with Gasteiger partial charge in [0.1, 0.15) is 11.5 Å². The molecule has 2 aromatic heterocycles. The van der Waals surface area contributed by atoms with Crippen molar-refractivity contribution >= 4 is 17.2 Å². The van der Waals surface area contributed by atoms with E-state index in [2.05, 4.69) is 20.6 Å². The van der Waals surface area contributed by atoms with Crippen LogP contribution in [0.2, 0.25) is 0 Å². The third kappa shape index (κ3) is 4.35. The van der Waals surface area contributed by atoms with Crippen molar-refractivity contribution < 1.29 is 19.0 Å². The van der Waals surface area contributed by atoms with E-state index in [1.165, 1.54) is 0 Å². The van der Waals surface area contributed by atoms with Gasteiger partial charge in [0.2, 0.25) is 0 Å². The number of carbonyl (C=O) groups excluding carboxylic acids is 1. The van der Waals surface area contributed by atoms with Gasteiger partial charge in [-0.1, -0.05) is 24.3 Å². The van der Waals surface area contributed by atoms with Gasteiger partial charge in [0.25, 0.3) is 5.91 Å². The minimum Gasteiger partial charge on any atom is -0.497 e. The first kappa shape index (κ1) is 22.2. The Morgan fingerprint density at radius 3 is 2.52 bits per heavy atom. The minimum absolute atomic E-state index is 0.168. The molecular weight excluding hydrogens is 422 g/mol. The number of aromatic nitrogens is 4. The first-order valence-electron chi connectivity index (χ1n) is 10.5. The zero-order chi connectivity index (χ0) is 23.4. The molecule has 2 aromatic carbocycles. The van der Waals surface area contributed by atoms with Gasteiger partial charge in [-0.3, -0.25) is 4.79 Å². The molecule has 1 amide bonds. The third-order valence-electron chi connectivity index (χ3n) is 5.15.